The smallest absolute Gasteiger partial charge is 0.229 e. The van der Waals surface area contributed by atoms with Crippen molar-refractivity contribution in [3.05, 3.63) is 42.0 Å². The summed E-state index contributed by atoms with van der Waals surface area (Å²) in [6, 6.07) is 6.41. The Labute approximate surface area is 86.9 Å². The number of nitrogens with one attached hydrogen (secondary N) is 1. The minimum Gasteiger partial charge on any atom is -0.444 e. The van der Waals surface area contributed by atoms with Crippen LogP contribution in [0.25, 0.3) is 11.5 Å². The summed E-state index contributed by atoms with van der Waals surface area (Å²) in [5.41, 5.74) is 1.15. The number of oxazole rings is 1. The molecule has 0 amide bonds. The minimum atomic E-state index is -0.324. The first-order valence-corrected chi connectivity index (χ1v) is 4.65. The van der Waals surface area contributed by atoms with Crippen LogP contribution >= 0.6 is 0 Å². The Balaban J connectivity index is 2.33. The Morgan fingerprint density at radius 2 is 2.20 bits per heavy atom. The number of hydrogen-bond acceptors (Lipinski definition) is 3. The zero-order valence-corrected chi connectivity index (χ0v) is 8.33. The van der Waals surface area contributed by atoms with Gasteiger partial charge in [0.05, 0.1) is 11.3 Å². The van der Waals surface area contributed by atoms with Crippen LogP contribution in [0, 0.1) is 5.82 Å². The van der Waals surface area contributed by atoms with Crippen molar-refractivity contribution in [2.75, 3.05) is 7.05 Å². The van der Waals surface area contributed by atoms with Gasteiger partial charge in [-0.15, -0.1) is 0 Å². The van der Waals surface area contributed by atoms with Crippen molar-refractivity contribution in [1.82, 2.24) is 10.3 Å². The lowest BCUT2D eigenvalue weighted by Gasteiger charge is -1.95. The van der Waals surface area contributed by atoms with E-state index in [1.165, 1.54) is 12.3 Å². The van der Waals surface area contributed by atoms with E-state index in [4.69, 9.17) is 4.42 Å². The van der Waals surface area contributed by atoms with Crippen LogP contribution in [0.2, 0.25) is 0 Å². The highest BCUT2D eigenvalue weighted by molar-refractivity contribution is 5.53. The van der Waals surface area contributed by atoms with Gasteiger partial charge in [0.2, 0.25) is 5.89 Å². The Bertz CT molecular complexity index is 453. The van der Waals surface area contributed by atoms with E-state index >= 15 is 0 Å². The normalized spacial score (nSPS) is 10.5. The molecule has 15 heavy (non-hydrogen) atoms. The second-order valence-electron chi connectivity index (χ2n) is 3.15. The molecule has 0 fully saturated rings. The Hall–Kier alpha value is -1.68. The van der Waals surface area contributed by atoms with Crippen LogP contribution in [0.3, 0.4) is 0 Å². The summed E-state index contributed by atoms with van der Waals surface area (Å²) >= 11 is 0. The molecule has 3 nitrogen and oxygen atoms in total. The quantitative estimate of drug-likeness (QED) is 0.836. The molecule has 0 aliphatic rings. The standard InChI is InChI=1S/C11H11FN2O/c1-13-6-8-7-15-11(14-8)9-4-2-3-5-10(9)12/h2-5,7,13H,6H2,1H3. The predicted molar refractivity (Wildman–Crippen MR) is 54.7 cm³/mol. The van der Waals surface area contributed by atoms with Gasteiger partial charge in [0.1, 0.15) is 12.1 Å². The van der Waals surface area contributed by atoms with Crippen molar-refractivity contribution in [2.45, 2.75) is 6.54 Å². The SMILES string of the molecule is CNCc1coc(-c2ccccc2F)n1. The average molecular weight is 206 g/mol. The van der Waals surface area contributed by atoms with Crippen LogP contribution in [-0.2, 0) is 6.54 Å². The summed E-state index contributed by atoms with van der Waals surface area (Å²) in [6.45, 7) is 0.609. The maximum atomic E-state index is 13.4. The number of rotatable bonds is 3. The lowest BCUT2D eigenvalue weighted by atomic mass is 10.2. The first-order valence-electron chi connectivity index (χ1n) is 4.65. The van der Waals surface area contributed by atoms with Crippen LogP contribution in [0.15, 0.2) is 34.9 Å². The fourth-order valence-electron chi connectivity index (χ4n) is 1.33. The topological polar surface area (TPSA) is 38.1 Å². The van der Waals surface area contributed by atoms with Gasteiger partial charge < -0.3 is 9.73 Å². The van der Waals surface area contributed by atoms with Crippen molar-refractivity contribution in [3.8, 4) is 11.5 Å². The van der Waals surface area contributed by atoms with Gasteiger partial charge in [-0.3, -0.25) is 0 Å². The van der Waals surface area contributed by atoms with Crippen LogP contribution in [0.5, 0.6) is 0 Å². The molecule has 2 aromatic rings. The van der Waals surface area contributed by atoms with Crippen LogP contribution in [0.1, 0.15) is 5.69 Å². The molecule has 78 valence electrons. The molecule has 0 atom stereocenters. The summed E-state index contributed by atoms with van der Waals surface area (Å²) in [6.07, 6.45) is 1.53. The van der Waals surface area contributed by atoms with Crippen molar-refractivity contribution >= 4 is 0 Å². The molecular formula is C11H11FN2O. The molecule has 0 bridgehead atoms. The molecule has 1 N–H and O–H groups in total. The summed E-state index contributed by atoms with van der Waals surface area (Å²) in [5.74, 6) is -0.00583. The highest BCUT2D eigenvalue weighted by Crippen LogP contribution is 2.21. The Morgan fingerprint density at radius 3 is 2.93 bits per heavy atom. The molecule has 0 radical (unpaired) electrons. The van der Waals surface area contributed by atoms with E-state index in [-0.39, 0.29) is 5.82 Å². The van der Waals surface area contributed by atoms with E-state index in [1.54, 1.807) is 18.2 Å². The van der Waals surface area contributed by atoms with Gasteiger partial charge in [-0.2, -0.15) is 0 Å². The minimum absolute atomic E-state index is 0.318. The Morgan fingerprint density at radius 1 is 1.40 bits per heavy atom. The summed E-state index contributed by atoms with van der Waals surface area (Å²) in [4.78, 5) is 4.16. The van der Waals surface area contributed by atoms with E-state index in [1.807, 2.05) is 7.05 Å². The molecule has 2 rings (SSSR count). The second-order valence-corrected chi connectivity index (χ2v) is 3.15. The third kappa shape index (κ3) is 2.05. The molecule has 0 aliphatic carbocycles. The third-order valence-electron chi connectivity index (χ3n) is 2.01. The van der Waals surface area contributed by atoms with E-state index in [9.17, 15) is 4.39 Å². The van der Waals surface area contributed by atoms with Crippen LogP contribution in [-0.4, -0.2) is 12.0 Å². The second kappa shape index (κ2) is 4.23. The predicted octanol–water partition coefficient (Wildman–Crippen LogP) is 2.20. The number of nitrogens with zero attached hydrogens (tertiary/aromatic N) is 1. The van der Waals surface area contributed by atoms with E-state index in [0.29, 0.717) is 18.0 Å². The highest BCUT2D eigenvalue weighted by Gasteiger charge is 2.09. The van der Waals surface area contributed by atoms with E-state index < -0.39 is 0 Å². The maximum Gasteiger partial charge on any atom is 0.229 e. The highest BCUT2D eigenvalue weighted by atomic mass is 19.1. The zero-order chi connectivity index (χ0) is 10.7. The summed E-state index contributed by atoms with van der Waals surface area (Å²) in [7, 11) is 1.82. The van der Waals surface area contributed by atoms with Gasteiger partial charge in [0.15, 0.2) is 0 Å². The largest absolute Gasteiger partial charge is 0.444 e. The first-order chi connectivity index (χ1) is 7.31. The number of aromatic nitrogens is 1. The monoisotopic (exact) mass is 206 g/mol. The third-order valence-corrected chi connectivity index (χ3v) is 2.01. The van der Waals surface area contributed by atoms with Gasteiger partial charge in [0, 0.05) is 6.54 Å². The van der Waals surface area contributed by atoms with Crippen molar-refractivity contribution < 1.29 is 8.81 Å². The molecule has 1 aromatic heterocycles. The fourth-order valence-corrected chi connectivity index (χ4v) is 1.33. The first kappa shape index (κ1) is 9.86. The van der Waals surface area contributed by atoms with Gasteiger partial charge in [-0.25, -0.2) is 9.37 Å². The van der Waals surface area contributed by atoms with Gasteiger partial charge in [-0.1, -0.05) is 12.1 Å². The number of benzene rings is 1. The molecule has 0 saturated carbocycles. The molecule has 0 saturated heterocycles. The summed E-state index contributed by atoms with van der Waals surface area (Å²) in [5, 5.41) is 2.95. The van der Waals surface area contributed by atoms with E-state index in [0.717, 1.165) is 5.69 Å². The Kier molecular flexibility index (Phi) is 2.78. The van der Waals surface area contributed by atoms with Crippen molar-refractivity contribution in [1.29, 1.82) is 0 Å². The van der Waals surface area contributed by atoms with Gasteiger partial charge >= 0.3 is 0 Å². The fraction of sp³-hybridized carbons (Fsp3) is 0.182. The molecule has 0 aliphatic heterocycles. The van der Waals surface area contributed by atoms with Crippen LogP contribution < -0.4 is 5.32 Å². The van der Waals surface area contributed by atoms with E-state index in [2.05, 4.69) is 10.3 Å². The number of hydrogen-bond donors (Lipinski definition) is 1. The van der Waals surface area contributed by atoms with Crippen molar-refractivity contribution in [3.63, 3.8) is 0 Å². The molecule has 1 heterocycles. The average Bonchev–Trinajstić information content (AvgIpc) is 2.68. The lowest BCUT2D eigenvalue weighted by Crippen LogP contribution is -2.04. The summed E-state index contributed by atoms with van der Waals surface area (Å²) < 4.78 is 18.5. The van der Waals surface area contributed by atoms with Crippen LogP contribution in [0.4, 0.5) is 4.39 Å². The zero-order valence-electron chi connectivity index (χ0n) is 8.33. The van der Waals surface area contributed by atoms with Gasteiger partial charge in [-0.05, 0) is 19.2 Å². The molecule has 0 unspecified atom stereocenters. The molecule has 1 aromatic carbocycles. The molecule has 0 spiro atoms. The lowest BCUT2D eigenvalue weighted by molar-refractivity contribution is 0.560. The maximum absolute atomic E-state index is 13.4. The number of halogens is 1. The van der Waals surface area contributed by atoms with Gasteiger partial charge in [0.25, 0.3) is 0 Å². The molecular weight excluding hydrogens is 195 g/mol. The van der Waals surface area contributed by atoms with Crippen molar-refractivity contribution in [2.24, 2.45) is 0 Å². The molecule has 4 heteroatoms.